The summed E-state index contributed by atoms with van der Waals surface area (Å²) in [5.74, 6) is 0.648. The van der Waals surface area contributed by atoms with Gasteiger partial charge in [0.15, 0.2) is 0 Å². The molecule has 0 amide bonds. The van der Waals surface area contributed by atoms with Gasteiger partial charge >= 0.3 is 0 Å². The fourth-order valence-corrected chi connectivity index (χ4v) is 2.52. The molecule has 1 atom stereocenters. The van der Waals surface area contributed by atoms with E-state index in [1.54, 1.807) is 11.6 Å². The normalized spacial score (nSPS) is 19.0. The molecule has 0 aromatic carbocycles. The molecule has 84 valence electrons. The summed E-state index contributed by atoms with van der Waals surface area (Å²) in [5, 5.41) is 9.09. The molecule has 0 bridgehead atoms. The zero-order valence-corrected chi connectivity index (χ0v) is 10.0. The Bertz CT molecular complexity index is 534. The van der Waals surface area contributed by atoms with Crippen LogP contribution in [-0.2, 0) is 19.9 Å². The van der Waals surface area contributed by atoms with Gasteiger partial charge in [-0.2, -0.15) is 5.26 Å². The van der Waals surface area contributed by atoms with E-state index in [4.69, 9.17) is 5.26 Å². The van der Waals surface area contributed by atoms with Crippen molar-refractivity contribution in [2.24, 2.45) is 13.0 Å². The molecule has 0 saturated heterocycles. The van der Waals surface area contributed by atoms with E-state index in [0.717, 1.165) is 30.5 Å². The lowest BCUT2D eigenvalue weighted by Gasteiger charge is -2.25. The maximum absolute atomic E-state index is 11.9. The van der Waals surface area contributed by atoms with E-state index in [2.05, 4.69) is 13.0 Å². The summed E-state index contributed by atoms with van der Waals surface area (Å²) in [6.07, 6.45) is 2.94. The molecule has 1 aromatic heterocycles. The van der Waals surface area contributed by atoms with Crippen molar-refractivity contribution in [3.05, 3.63) is 32.7 Å². The standard InChI is InChI=1S/C13H16N2O/c1-8-4-5-10-11(6-8)9(2)15(3)13(16)12(10)7-14/h8H,4-6H2,1-3H3. The maximum atomic E-state index is 11.9. The van der Waals surface area contributed by atoms with Crippen LogP contribution in [0.1, 0.15) is 35.7 Å². The van der Waals surface area contributed by atoms with Gasteiger partial charge in [-0.15, -0.1) is 0 Å². The van der Waals surface area contributed by atoms with Crippen molar-refractivity contribution in [2.75, 3.05) is 0 Å². The minimum Gasteiger partial charge on any atom is -0.315 e. The first-order chi connectivity index (χ1) is 7.56. The van der Waals surface area contributed by atoms with Gasteiger partial charge in [-0.1, -0.05) is 6.92 Å². The zero-order chi connectivity index (χ0) is 11.9. The van der Waals surface area contributed by atoms with Crippen LogP contribution in [-0.4, -0.2) is 4.57 Å². The zero-order valence-electron chi connectivity index (χ0n) is 10.0. The van der Waals surface area contributed by atoms with Gasteiger partial charge in [0.2, 0.25) is 0 Å². The average molecular weight is 216 g/mol. The van der Waals surface area contributed by atoms with Gasteiger partial charge in [-0.25, -0.2) is 0 Å². The predicted molar refractivity (Wildman–Crippen MR) is 62.3 cm³/mol. The summed E-state index contributed by atoms with van der Waals surface area (Å²) in [6.45, 7) is 4.19. The van der Waals surface area contributed by atoms with Crippen LogP contribution in [0.3, 0.4) is 0 Å². The highest BCUT2D eigenvalue weighted by atomic mass is 16.1. The van der Waals surface area contributed by atoms with Crippen LogP contribution >= 0.6 is 0 Å². The Hall–Kier alpha value is -1.56. The number of fused-ring (bicyclic) bond motifs is 1. The van der Waals surface area contributed by atoms with E-state index in [-0.39, 0.29) is 5.56 Å². The largest absolute Gasteiger partial charge is 0.315 e. The van der Waals surface area contributed by atoms with Crippen LogP contribution in [0.4, 0.5) is 0 Å². The van der Waals surface area contributed by atoms with Crippen molar-refractivity contribution in [1.82, 2.24) is 4.57 Å². The van der Waals surface area contributed by atoms with Gasteiger partial charge in [0.05, 0.1) is 0 Å². The molecule has 1 aliphatic carbocycles. The lowest BCUT2D eigenvalue weighted by Crippen LogP contribution is -2.28. The monoisotopic (exact) mass is 216 g/mol. The quantitative estimate of drug-likeness (QED) is 0.662. The Morgan fingerprint density at radius 1 is 1.44 bits per heavy atom. The first kappa shape index (κ1) is 10.9. The second-order valence-electron chi connectivity index (χ2n) is 4.74. The molecule has 0 radical (unpaired) electrons. The molecule has 3 heteroatoms. The molecular formula is C13H16N2O. The van der Waals surface area contributed by atoms with Gasteiger partial charge < -0.3 is 4.57 Å². The summed E-state index contributed by atoms with van der Waals surface area (Å²) in [4.78, 5) is 11.9. The van der Waals surface area contributed by atoms with Gasteiger partial charge in [0.1, 0.15) is 11.6 Å². The SMILES string of the molecule is Cc1c2c(c(C#N)c(=O)n1C)CCC(C)C2. The van der Waals surface area contributed by atoms with Crippen LogP contribution in [0.5, 0.6) is 0 Å². The highest BCUT2D eigenvalue weighted by Crippen LogP contribution is 2.28. The Kier molecular flexibility index (Phi) is 2.59. The summed E-state index contributed by atoms with van der Waals surface area (Å²) in [6, 6.07) is 2.07. The molecule has 16 heavy (non-hydrogen) atoms. The number of pyridine rings is 1. The summed E-state index contributed by atoms with van der Waals surface area (Å²) in [5.41, 5.74) is 3.45. The average Bonchev–Trinajstić information content (AvgIpc) is 2.28. The first-order valence-corrected chi connectivity index (χ1v) is 5.67. The van der Waals surface area contributed by atoms with Crippen molar-refractivity contribution in [3.63, 3.8) is 0 Å². The summed E-state index contributed by atoms with van der Waals surface area (Å²) >= 11 is 0. The molecule has 3 nitrogen and oxygen atoms in total. The van der Waals surface area contributed by atoms with Gasteiger partial charge in [-0.05, 0) is 43.2 Å². The van der Waals surface area contributed by atoms with Crippen LogP contribution in [0.25, 0.3) is 0 Å². The van der Waals surface area contributed by atoms with Gasteiger partial charge in [0.25, 0.3) is 5.56 Å². The van der Waals surface area contributed by atoms with Crippen molar-refractivity contribution < 1.29 is 0 Å². The van der Waals surface area contributed by atoms with E-state index in [0.29, 0.717) is 11.5 Å². The number of hydrogen-bond acceptors (Lipinski definition) is 2. The molecule has 1 unspecified atom stereocenters. The maximum Gasteiger partial charge on any atom is 0.268 e. The first-order valence-electron chi connectivity index (χ1n) is 5.67. The van der Waals surface area contributed by atoms with Crippen molar-refractivity contribution in [1.29, 1.82) is 5.26 Å². The minimum absolute atomic E-state index is 0.145. The number of rotatable bonds is 0. The smallest absolute Gasteiger partial charge is 0.268 e. The molecule has 1 aromatic rings. The third-order valence-corrected chi connectivity index (χ3v) is 3.68. The number of nitriles is 1. The van der Waals surface area contributed by atoms with Crippen LogP contribution in [0.2, 0.25) is 0 Å². The Morgan fingerprint density at radius 3 is 2.75 bits per heavy atom. The minimum atomic E-state index is -0.145. The topological polar surface area (TPSA) is 45.8 Å². The molecule has 0 fully saturated rings. The fraction of sp³-hybridized carbons (Fsp3) is 0.538. The summed E-state index contributed by atoms with van der Waals surface area (Å²) in [7, 11) is 1.75. The van der Waals surface area contributed by atoms with Crippen LogP contribution < -0.4 is 5.56 Å². The Labute approximate surface area is 95.3 Å². The van der Waals surface area contributed by atoms with E-state index in [1.807, 2.05) is 6.92 Å². The Morgan fingerprint density at radius 2 is 2.12 bits per heavy atom. The number of aromatic nitrogens is 1. The highest BCUT2D eigenvalue weighted by molar-refractivity contribution is 5.45. The molecule has 2 rings (SSSR count). The summed E-state index contributed by atoms with van der Waals surface area (Å²) < 4.78 is 1.61. The molecule has 0 saturated carbocycles. The Balaban J connectivity index is 2.78. The molecular weight excluding hydrogens is 200 g/mol. The number of hydrogen-bond donors (Lipinski definition) is 0. The molecule has 0 aliphatic heterocycles. The van der Waals surface area contributed by atoms with E-state index in [9.17, 15) is 4.79 Å². The van der Waals surface area contributed by atoms with Gasteiger partial charge in [0, 0.05) is 12.7 Å². The van der Waals surface area contributed by atoms with Crippen LogP contribution in [0, 0.1) is 24.2 Å². The van der Waals surface area contributed by atoms with E-state index < -0.39 is 0 Å². The highest BCUT2D eigenvalue weighted by Gasteiger charge is 2.23. The fourth-order valence-electron chi connectivity index (χ4n) is 2.52. The van der Waals surface area contributed by atoms with E-state index >= 15 is 0 Å². The molecule has 0 N–H and O–H groups in total. The second-order valence-corrected chi connectivity index (χ2v) is 4.74. The molecule has 1 aliphatic rings. The van der Waals surface area contributed by atoms with Crippen LogP contribution in [0.15, 0.2) is 4.79 Å². The molecule has 0 spiro atoms. The second kappa shape index (κ2) is 3.79. The van der Waals surface area contributed by atoms with Crippen molar-refractivity contribution >= 4 is 0 Å². The third kappa shape index (κ3) is 1.46. The lowest BCUT2D eigenvalue weighted by atomic mass is 9.82. The van der Waals surface area contributed by atoms with Crippen molar-refractivity contribution in [2.45, 2.75) is 33.1 Å². The third-order valence-electron chi connectivity index (χ3n) is 3.68. The van der Waals surface area contributed by atoms with E-state index in [1.165, 1.54) is 5.56 Å². The lowest BCUT2D eigenvalue weighted by molar-refractivity contribution is 0.493. The number of nitrogens with zero attached hydrogens (tertiary/aromatic N) is 2. The van der Waals surface area contributed by atoms with Gasteiger partial charge in [-0.3, -0.25) is 4.79 Å². The predicted octanol–water partition coefficient (Wildman–Crippen LogP) is 1.69. The molecule has 1 heterocycles. The van der Waals surface area contributed by atoms with Crippen molar-refractivity contribution in [3.8, 4) is 6.07 Å².